The molecule has 0 atom stereocenters. The van der Waals surface area contributed by atoms with Gasteiger partial charge in [0, 0.05) is 19.6 Å². The summed E-state index contributed by atoms with van der Waals surface area (Å²) >= 11 is 0. The van der Waals surface area contributed by atoms with E-state index in [0.717, 1.165) is 19.6 Å². The van der Waals surface area contributed by atoms with Crippen LogP contribution in [0.15, 0.2) is 0 Å². The van der Waals surface area contributed by atoms with Gasteiger partial charge in [0.25, 0.3) is 0 Å². The number of rotatable bonds is 3. The van der Waals surface area contributed by atoms with Crippen molar-refractivity contribution < 1.29 is 4.79 Å². The van der Waals surface area contributed by atoms with Crippen molar-refractivity contribution >= 4 is 6.03 Å². The minimum absolute atomic E-state index is 0.0449. The van der Waals surface area contributed by atoms with Crippen molar-refractivity contribution in [3.8, 4) is 0 Å². The molecular formula is C11H23N3O. The van der Waals surface area contributed by atoms with E-state index in [4.69, 9.17) is 0 Å². The Kier molecular flexibility index (Phi) is 4.88. The summed E-state index contributed by atoms with van der Waals surface area (Å²) in [5.41, 5.74) is 0. The summed E-state index contributed by atoms with van der Waals surface area (Å²) in [5.74, 6) is 0.661. The maximum absolute atomic E-state index is 11.6. The van der Waals surface area contributed by atoms with Crippen LogP contribution in [0.5, 0.6) is 0 Å². The van der Waals surface area contributed by atoms with Crippen LogP contribution in [-0.2, 0) is 0 Å². The van der Waals surface area contributed by atoms with E-state index in [-0.39, 0.29) is 12.1 Å². The molecule has 1 fully saturated rings. The molecular weight excluding hydrogens is 190 g/mol. The van der Waals surface area contributed by atoms with Gasteiger partial charge in [0.1, 0.15) is 0 Å². The Morgan fingerprint density at radius 2 is 2.07 bits per heavy atom. The monoisotopic (exact) mass is 213 g/mol. The largest absolute Gasteiger partial charge is 0.336 e. The predicted molar refractivity (Wildman–Crippen MR) is 61.9 cm³/mol. The Hall–Kier alpha value is -0.770. The first-order valence-corrected chi connectivity index (χ1v) is 5.82. The molecule has 0 aliphatic carbocycles. The molecule has 1 rings (SSSR count). The first kappa shape index (κ1) is 12.3. The molecule has 1 heterocycles. The number of piperidine rings is 1. The lowest BCUT2D eigenvalue weighted by Gasteiger charge is -2.28. The predicted octanol–water partition coefficient (Wildman–Crippen LogP) is 1.04. The van der Waals surface area contributed by atoms with Crippen LogP contribution in [-0.4, -0.2) is 43.7 Å². The molecule has 0 aromatic heterocycles. The topological polar surface area (TPSA) is 44.4 Å². The summed E-state index contributed by atoms with van der Waals surface area (Å²) in [5, 5.41) is 6.23. The summed E-state index contributed by atoms with van der Waals surface area (Å²) < 4.78 is 0. The standard InChI is InChI=1S/C11H23N3O/c1-9(2)13-11(15)14(3)8-10-4-6-12-7-5-10/h9-10,12H,4-8H2,1-3H3,(H,13,15). The SMILES string of the molecule is CC(C)NC(=O)N(C)CC1CCNCC1. The van der Waals surface area contributed by atoms with Gasteiger partial charge in [-0.2, -0.15) is 0 Å². The number of carbonyl (C=O) groups is 1. The van der Waals surface area contributed by atoms with Crippen LogP contribution < -0.4 is 10.6 Å². The molecule has 1 saturated heterocycles. The number of carbonyl (C=O) groups excluding carboxylic acids is 1. The average Bonchev–Trinajstić information content (AvgIpc) is 2.18. The number of amides is 2. The molecule has 0 aromatic rings. The molecule has 4 heteroatoms. The fraction of sp³-hybridized carbons (Fsp3) is 0.909. The smallest absolute Gasteiger partial charge is 0.317 e. The molecule has 0 spiro atoms. The molecule has 0 saturated carbocycles. The third-order valence-electron chi connectivity index (χ3n) is 2.75. The zero-order chi connectivity index (χ0) is 11.3. The second-order valence-electron chi connectivity index (χ2n) is 4.68. The highest BCUT2D eigenvalue weighted by molar-refractivity contribution is 5.74. The Morgan fingerprint density at radius 1 is 1.47 bits per heavy atom. The number of hydrogen-bond donors (Lipinski definition) is 2. The van der Waals surface area contributed by atoms with Crippen molar-refractivity contribution in [3.05, 3.63) is 0 Å². The van der Waals surface area contributed by atoms with Crippen LogP contribution in [0.1, 0.15) is 26.7 Å². The first-order chi connectivity index (χ1) is 7.09. The van der Waals surface area contributed by atoms with Gasteiger partial charge in [0.15, 0.2) is 0 Å². The highest BCUT2D eigenvalue weighted by Gasteiger charge is 2.17. The van der Waals surface area contributed by atoms with Crippen LogP contribution in [0.25, 0.3) is 0 Å². The van der Waals surface area contributed by atoms with Gasteiger partial charge in [-0.15, -0.1) is 0 Å². The average molecular weight is 213 g/mol. The van der Waals surface area contributed by atoms with Gasteiger partial charge in [-0.25, -0.2) is 4.79 Å². The lowest BCUT2D eigenvalue weighted by atomic mass is 9.98. The van der Waals surface area contributed by atoms with Crippen molar-refractivity contribution in [2.75, 3.05) is 26.7 Å². The summed E-state index contributed by atoms with van der Waals surface area (Å²) in [6.07, 6.45) is 2.36. The van der Waals surface area contributed by atoms with Crippen molar-refractivity contribution in [2.45, 2.75) is 32.7 Å². The van der Waals surface area contributed by atoms with Crippen molar-refractivity contribution in [2.24, 2.45) is 5.92 Å². The normalized spacial score (nSPS) is 17.9. The maximum atomic E-state index is 11.6. The van der Waals surface area contributed by atoms with E-state index < -0.39 is 0 Å². The Labute approximate surface area is 92.4 Å². The lowest BCUT2D eigenvalue weighted by molar-refractivity contribution is 0.191. The zero-order valence-electron chi connectivity index (χ0n) is 10.0. The quantitative estimate of drug-likeness (QED) is 0.735. The molecule has 15 heavy (non-hydrogen) atoms. The van der Waals surface area contributed by atoms with Crippen LogP contribution in [0.4, 0.5) is 4.79 Å². The molecule has 1 aliphatic heterocycles. The molecule has 2 amide bonds. The minimum atomic E-state index is 0.0449. The van der Waals surface area contributed by atoms with Gasteiger partial charge in [0.2, 0.25) is 0 Å². The fourth-order valence-electron chi connectivity index (χ4n) is 1.89. The van der Waals surface area contributed by atoms with E-state index in [1.807, 2.05) is 20.9 Å². The van der Waals surface area contributed by atoms with Gasteiger partial charge < -0.3 is 15.5 Å². The second-order valence-corrected chi connectivity index (χ2v) is 4.68. The molecule has 88 valence electrons. The van der Waals surface area contributed by atoms with E-state index in [1.54, 1.807) is 4.90 Å². The molecule has 4 nitrogen and oxygen atoms in total. The highest BCUT2D eigenvalue weighted by atomic mass is 16.2. The fourth-order valence-corrected chi connectivity index (χ4v) is 1.89. The van der Waals surface area contributed by atoms with E-state index in [2.05, 4.69) is 10.6 Å². The van der Waals surface area contributed by atoms with E-state index in [0.29, 0.717) is 5.92 Å². The van der Waals surface area contributed by atoms with Gasteiger partial charge in [-0.1, -0.05) is 0 Å². The van der Waals surface area contributed by atoms with Crippen molar-refractivity contribution in [1.29, 1.82) is 0 Å². The maximum Gasteiger partial charge on any atom is 0.317 e. The van der Waals surface area contributed by atoms with Gasteiger partial charge >= 0.3 is 6.03 Å². The Morgan fingerprint density at radius 3 is 2.60 bits per heavy atom. The summed E-state index contributed by atoms with van der Waals surface area (Å²) in [6, 6.07) is 0.261. The van der Waals surface area contributed by atoms with Gasteiger partial charge in [-0.05, 0) is 45.7 Å². The third-order valence-corrected chi connectivity index (χ3v) is 2.75. The molecule has 0 radical (unpaired) electrons. The molecule has 0 unspecified atom stereocenters. The molecule has 2 N–H and O–H groups in total. The van der Waals surface area contributed by atoms with Crippen LogP contribution in [0, 0.1) is 5.92 Å². The molecule has 0 bridgehead atoms. The van der Waals surface area contributed by atoms with E-state index in [1.165, 1.54) is 12.8 Å². The molecule has 1 aliphatic rings. The van der Waals surface area contributed by atoms with Crippen LogP contribution in [0.3, 0.4) is 0 Å². The first-order valence-electron chi connectivity index (χ1n) is 5.82. The van der Waals surface area contributed by atoms with Crippen molar-refractivity contribution in [1.82, 2.24) is 15.5 Å². The van der Waals surface area contributed by atoms with Crippen LogP contribution >= 0.6 is 0 Å². The van der Waals surface area contributed by atoms with Crippen molar-refractivity contribution in [3.63, 3.8) is 0 Å². The lowest BCUT2D eigenvalue weighted by Crippen LogP contribution is -2.44. The number of urea groups is 1. The highest BCUT2D eigenvalue weighted by Crippen LogP contribution is 2.12. The van der Waals surface area contributed by atoms with Gasteiger partial charge in [0.05, 0.1) is 0 Å². The Bertz CT molecular complexity index is 200. The minimum Gasteiger partial charge on any atom is -0.336 e. The second kappa shape index (κ2) is 5.95. The summed E-state index contributed by atoms with van der Waals surface area (Å²) in [6.45, 7) is 7.02. The Balaban J connectivity index is 2.26. The van der Waals surface area contributed by atoms with E-state index >= 15 is 0 Å². The van der Waals surface area contributed by atoms with E-state index in [9.17, 15) is 4.79 Å². The molecule has 0 aromatic carbocycles. The summed E-state index contributed by atoms with van der Waals surface area (Å²) in [7, 11) is 1.87. The van der Waals surface area contributed by atoms with Gasteiger partial charge in [-0.3, -0.25) is 0 Å². The third kappa shape index (κ3) is 4.51. The summed E-state index contributed by atoms with van der Waals surface area (Å²) in [4.78, 5) is 13.4. The zero-order valence-corrected chi connectivity index (χ0v) is 10.0. The van der Waals surface area contributed by atoms with Crippen LogP contribution in [0.2, 0.25) is 0 Å². The number of nitrogens with one attached hydrogen (secondary N) is 2. The number of hydrogen-bond acceptors (Lipinski definition) is 2. The number of nitrogens with zero attached hydrogens (tertiary/aromatic N) is 1.